The minimum absolute atomic E-state index is 0.0000494. The molecule has 0 aliphatic rings. The van der Waals surface area contributed by atoms with E-state index in [4.69, 9.17) is 16.3 Å². The van der Waals surface area contributed by atoms with Gasteiger partial charge in [-0.3, -0.25) is 4.68 Å². The molecule has 0 saturated carbocycles. The van der Waals surface area contributed by atoms with Gasteiger partial charge in [-0.25, -0.2) is 14.8 Å². The third kappa shape index (κ3) is 3.29. The average molecular weight is 413 g/mol. The molecular weight excluding hydrogens is 398 g/mol. The summed E-state index contributed by atoms with van der Waals surface area (Å²) in [6, 6.07) is 3.43. The Morgan fingerprint density at radius 3 is 2.79 bits per heavy atom. The van der Waals surface area contributed by atoms with Gasteiger partial charge < -0.3 is 9.72 Å². The Hall–Kier alpha value is -1.93. The smallest absolute Gasteiger partial charge is 0.342 e. The molecule has 0 bridgehead atoms. The highest BCUT2D eigenvalue weighted by Crippen LogP contribution is 2.24. The number of pyridine rings is 1. The van der Waals surface area contributed by atoms with Crippen LogP contribution in [0.25, 0.3) is 11.2 Å². The summed E-state index contributed by atoms with van der Waals surface area (Å²) in [4.78, 5) is 23.6. The Bertz CT molecular complexity index is 912. The van der Waals surface area contributed by atoms with E-state index in [-0.39, 0.29) is 12.1 Å². The minimum Gasteiger partial charge on any atom is -0.454 e. The van der Waals surface area contributed by atoms with Gasteiger partial charge in [0.2, 0.25) is 0 Å². The van der Waals surface area contributed by atoms with Crippen molar-refractivity contribution in [2.45, 2.75) is 32.9 Å². The van der Waals surface area contributed by atoms with Gasteiger partial charge in [0.25, 0.3) is 0 Å². The minimum atomic E-state index is -0.483. The summed E-state index contributed by atoms with van der Waals surface area (Å²) in [5.41, 5.74) is 1.32. The Balaban J connectivity index is 1.74. The number of rotatable bonds is 3. The van der Waals surface area contributed by atoms with Crippen molar-refractivity contribution in [1.82, 2.24) is 24.7 Å². The zero-order valence-corrected chi connectivity index (χ0v) is 15.6. The highest BCUT2D eigenvalue weighted by atomic mass is 79.9. The molecule has 0 aliphatic carbocycles. The average Bonchev–Trinajstić information content (AvgIpc) is 3.06. The standard InChI is InChI=1S/C15H15BrClN5O2/c1-15(2,3)22-12(16)8(6-18-22)14(23)24-7-11-19-9-4-5-10(17)20-13(9)21-11/h4-6H,7H2,1-3H3,(H,19,20,21). The number of nitrogens with zero attached hydrogens (tertiary/aromatic N) is 4. The number of aromatic nitrogens is 5. The second-order valence-corrected chi connectivity index (χ2v) is 7.33. The summed E-state index contributed by atoms with van der Waals surface area (Å²) in [6.07, 6.45) is 1.48. The molecule has 9 heteroatoms. The first-order valence-electron chi connectivity index (χ1n) is 7.18. The number of esters is 1. The number of H-pyrrole nitrogens is 1. The van der Waals surface area contributed by atoms with Gasteiger partial charge in [0.1, 0.15) is 27.8 Å². The number of halogens is 2. The fourth-order valence-corrected chi connectivity index (χ4v) is 3.17. The summed E-state index contributed by atoms with van der Waals surface area (Å²) in [7, 11) is 0. The second-order valence-electron chi connectivity index (χ2n) is 6.20. The lowest BCUT2D eigenvalue weighted by molar-refractivity contribution is 0.0462. The number of ether oxygens (including phenoxy) is 1. The van der Waals surface area contributed by atoms with E-state index in [0.717, 1.165) is 5.52 Å². The molecule has 0 unspecified atom stereocenters. The van der Waals surface area contributed by atoms with Crippen molar-refractivity contribution < 1.29 is 9.53 Å². The molecule has 3 aromatic heterocycles. The van der Waals surface area contributed by atoms with Crippen molar-refractivity contribution in [3.05, 3.63) is 39.5 Å². The normalized spacial score (nSPS) is 11.9. The molecule has 0 aromatic carbocycles. The van der Waals surface area contributed by atoms with Crippen molar-refractivity contribution in [2.75, 3.05) is 0 Å². The maximum Gasteiger partial charge on any atom is 0.342 e. The van der Waals surface area contributed by atoms with Crippen LogP contribution in [0.1, 0.15) is 37.0 Å². The van der Waals surface area contributed by atoms with Crippen LogP contribution in [0.5, 0.6) is 0 Å². The second kappa shape index (κ2) is 6.18. The van der Waals surface area contributed by atoms with E-state index >= 15 is 0 Å². The molecule has 24 heavy (non-hydrogen) atoms. The van der Waals surface area contributed by atoms with Crippen molar-refractivity contribution >= 4 is 44.7 Å². The molecule has 0 saturated heterocycles. The summed E-state index contributed by atoms with van der Waals surface area (Å²) in [6.45, 7) is 5.98. The van der Waals surface area contributed by atoms with Crippen LogP contribution in [0, 0.1) is 0 Å². The molecule has 0 spiro atoms. The van der Waals surface area contributed by atoms with Crippen LogP contribution in [0.3, 0.4) is 0 Å². The molecule has 3 heterocycles. The lowest BCUT2D eigenvalue weighted by Gasteiger charge is -2.20. The van der Waals surface area contributed by atoms with Gasteiger partial charge in [0, 0.05) is 0 Å². The summed E-state index contributed by atoms with van der Waals surface area (Å²) >= 11 is 9.23. The van der Waals surface area contributed by atoms with Crippen LogP contribution in [-0.4, -0.2) is 30.7 Å². The van der Waals surface area contributed by atoms with Crippen LogP contribution in [0.4, 0.5) is 0 Å². The molecular formula is C15H15BrClN5O2. The van der Waals surface area contributed by atoms with E-state index in [9.17, 15) is 4.79 Å². The van der Waals surface area contributed by atoms with Gasteiger partial charge in [-0.05, 0) is 48.8 Å². The number of hydrogen-bond donors (Lipinski definition) is 1. The third-order valence-corrected chi connectivity index (χ3v) is 4.24. The van der Waals surface area contributed by atoms with Crippen molar-refractivity contribution in [3.8, 4) is 0 Å². The van der Waals surface area contributed by atoms with Crippen molar-refractivity contribution in [2.24, 2.45) is 0 Å². The number of hydrogen-bond acceptors (Lipinski definition) is 5. The summed E-state index contributed by atoms with van der Waals surface area (Å²) in [5.74, 6) is 0.0104. The first kappa shape index (κ1) is 16.9. The zero-order valence-electron chi connectivity index (χ0n) is 13.3. The molecule has 7 nitrogen and oxygen atoms in total. The SMILES string of the molecule is CC(C)(C)n1ncc(C(=O)OCc2nc3nc(Cl)ccc3[nH]2)c1Br. The number of nitrogens with one attached hydrogen (secondary N) is 1. The molecule has 0 amide bonds. The lowest BCUT2D eigenvalue weighted by atomic mass is 10.1. The predicted octanol–water partition coefficient (Wildman–Crippen LogP) is 3.68. The van der Waals surface area contributed by atoms with E-state index in [2.05, 4.69) is 36.0 Å². The van der Waals surface area contributed by atoms with Crippen LogP contribution < -0.4 is 0 Å². The van der Waals surface area contributed by atoms with E-state index in [1.165, 1.54) is 6.20 Å². The Kier molecular flexibility index (Phi) is 4.35. The first-order valence-corrected chi connectivity index (χ1v) is 8.35. The topological polar surface area (TPSA) is 85.7 Å². The molecule has 126 valence electrons. The van der Waals surface area contributed by atoms with Crippen LogP contribution >= 0.6 is 27.5 Å². The van der Waals surface area contributed by atoms with Crippen LogP contribution in [-0.2, 0) is 16.9 Å². The number of aromatic amines is 1. The third-order valence-electron chi connectivity index (χ3n) is 3.27. The quantitative estimate of drug-likeness (QED) is 0.524. The maximum absolute atomic E-state index is 12.3. The monoisotopic (exact) mass is 411 g/mol. The Labute approximate surface area is 151 Å². The van der Waals surface area contributed by atoms with Gasteiger partial charge in [-0.2, -0.15) is 5.10 Å². The highest BCUT2D eigenvalue weighted by Gasteiger charge is 2.23. The van der Waals surface area contributed by atoms with E-state index in [1.807, 2.05) is 20.8 Å². The number of carbonyl (C=O) groups is 1. The van der Waals surface area contributed by atoms with Crippen molar-refractivity contribution in [3.63, 3.8) is 0 Å². The molecule has 3 rings (SSSR count). The molecule has 1 N–H and O–H groups in total. The molecule has 0 aliphatic heterocycles. The molecule has 0 fully saturated rings. The number of fused-ring (bicyclic) bond motifs is 1. The van der Waals surface area contributed by atoms with E-state index < -0.39 is 5.97 Å². The Morgan fingerprint density at radius 2 is 2.12 bits per heavy atom. The molecule has 0 radical (unpaired) electrons. The predicted molar refractivity (Wildman–Crippen MR) is 92.9 cm³/mol. The van der Waals surface area contributed by atoms with Crippen molar-refractivity contribution in [1.29, 1.82) is 0 Å². The van der Waals surface area contributed by atoms with Crippen LogP contribution in [0.2, 0.25) is 5.15 Å². The lowest BCUT2D eigenvalue weighted by Crippen LogP contribution is -2.23. The summed E-state index contributed by atoms with van der Waals surface area (Å²) in [5, 5.41) is 4.59. The Morgan fingerprint density at radius 1 is 1.38 bits per heavy atom. The molecule has 0 atom stereocenters. The van der Waals surface area contributed by atoms with Gasteiger partial charge in [-0.15, -0.1) is 0 Å². The maximum atomic E-state index is 12.3. The van der Waals surface area contributed by atoms with Gasteiger partial charge >= 0.3 is 5.97 Å². The first-order chi connectivity index (χ1) is 11.3. The van der Waals surface area contributed by atoms with Crippen LogP contribution in [0.15, 0.2) is 22.9 Å². The van der Waals surface area contributed by atoms with E-state index in [0.29, 0.717) is 26.8 Å². The molecule has 3 aromatic rings. The van der Waals surface area contributed by atoms with Gasteiger partial charge in [-0.1, -0.05) is 11.6 Å². The summed E-state index contributed by atoms with van der Waals surface area (Å²) < 4.78 is 7.60. The van der Waals surface area contributed by atoms with Gasteiger partial charge in [0.05, 0.1) is 17.3 Å². The largest absolute Gasteiger partial charge is 0.454 e. The number of imidazole rings is 1. The number of carbonyl (C=O) groups excluding carboxylic acids is 1. The van der Waals surface area contributed by atoms with Gasteiger partial charge in [0.15, 0.2) is 5.65 Å². The fourth-order valence-electron chi connectivity index (χ4n) is 2.14. The van der Waals surface area contributed by atoms with E-state index in [1.54, 1.807) is 16.8 Å². The zero-order chi connectivity index (χ0) is 17.5. The fraction of sp³-hybridized carbons (Fsp3) is 0.333. The highest BCUT2D eigenvalue weighted by molar-refractivity contribution is 9.10.